The fraction of sp³-hybridized carbons (Fsp3) is 0.125. The largest absolute Gasteiger partial charge is 0.493 e. The molecule has 3 aromatic carbocycles. The number of para-hydroxylation sites is 2. The molecule has 9 nitrogen and oxygen atoms in total. The molecule has 0 aliphatic heterocycles. The fourth-order valence-corrected chi connectivity index (χ4v) is 4.53. The fourth-order valence-electron chi connectivity index (χ4n) is 2.96. The minimum Gasteiger partial charge on any atom is -0.493 e. The van der Waals surface area contributed by atoms with Gasteiger partial charge in [0.05, 0.1) is 19.1 Å². The molecule has 0 bridgehead atoms. The molecule has 1 heterocycles. The van der Waals surface area contributed by atoms with Crippen molar-refractivity contribution in [2.45, 2.75) is 17.0 Å². The summed E-state index contributed by atoms with van der Waals surface area (Å²) < 4.78 is 41.2. The van der Waals surface area contributed by atoms with Crippen LogP contribution in [0.2, 0.25) is 0 Å². The zero-order valence-electron chi connectivity index (χ0n) is 18.8. The van der Waals surface area contributed by atoms with Crippen molar-refractivity contribution in [3.8, 4) is 11.5 Å². The predicted molar refractivity (Wildman–Crippen MR) is 132 cm³/mol. The van der Waals surface area contributed by atoms with Gasteiger partial charge in [-0.15, -0.1) is 0 Å². The standard InChI is InChI=1S/C24H21N3O6S2/c1-16-7-10-18(11-8-16)35(29,30)33-21-12-9-17(13-22(21)31-2)14-25-27-23(28)15-34-24-26-19-5-3-4-6-20(19)32-24/h3-14H,15H2,1-2H3,(H,27,28)/b25-14-. The normalized spacial score (nSPS) is 11.6. The number of aromatic nitrogens is 1. The number of hydrogen-bond acceptors (Lipinski definition) is 9. The van der Waals surface area contributed by atoms with E-state index in [1.165, 1.54) is 31.5 Å². The molecule has 0 fully saturated rings. The van der Waals surface area contributed by atoms with E-state index < -0.39 is 10.1 Å². The summed E-state index contributed by atoms with van der Waals surface area (Å²) in [5, 5.41) is 4.32. The molecule has 0 atom stereocenters. The van der Waals surface area contributed by atoms with Gasteiger partial charge >= 0.3 is 10.1 Å². The number of nitrogens with zero attached hydrogens (tertiary/aromatic N) is 2. The molecule has 0 saturated heterocycles. The molecule has 4 aromatic rings. The molecule has 35 heavy (non-hydrogen) atoms. The van der Waals surface area contributed by atoms with Crippen LogP contribution in [0.25, 0.3) is 11.1 Å². The second-order valence-corrected chi connectivity index (χ2v) is 9.76. The number of fused-ring (bicyclic) bond motifs is 1. The maximum Gasteiger partial charge on any atom is 0.339 e. The molecular weight excluding hydrogens is 490 g/mol. The zero-order chi connectivity index (χ0) is 24.8. The van der Waals surface area contributed by atoms with Gasteiger partial charge in [0.1, 0.15) is 10.4 Å². The molecule has 1 N–H and O–H groups in total. The van der Waals surface area contributed by atoms with E-state index in [0.29, 0.717) is 16.4 Å². The van der Waals surface area contributed by atoms with E-state index in [1.54, 1.807) is 30.3 Å². The number of rotatable bonds is 9. The summed E-state index contributed by atoms with van der Waals surface area (Å²) in [4.78, 5) is 16.4. The highest BCUT2D eigenvalue weighted by Crippen LogP contribution is 2.30. The predicted octanol–water partition coefficient (Wildman–Crippen LogP) is 4.15. The Morgan fingerprint density at radius 3 is 2.63 bits per heavy atom. The van der Waals surface area contributed by atoms with Gasteiger partial charge in [-0.1, -0.05) is 41.6 Å². The van der Waals surface area contributed by atoms with E-state index in [9.17, 15) is 13.2 Å². The second kappa shape index (κ2) is 10.6. The second-order valence-electron chi connectivity index (χ2n) is 7.29. The number of methoxy groups -OCH3 is 1. The van der Waals surface area contributed by atoms with Gasteiger partial charge in [-0.3, -0.25) is 4.79 Å². The molecule has 11 heteroatoms. The van der Waals surface area contributed by atoms with Crippen molar-refractivity contribution >= 4 is 45.1 Å². The Morgan fingerprint density at radius 1 is 1.11 bits per heavy atom. The Hall–Kier alpha value is -3.83. The van der Waals surface area contributed by atoms with E-state index in [1.807, 2.05) is 25.1 Å². The summed E-state index contributed by atoms with van der Waals surface area (Å²) in [6, 6.07) is 18.3. The monoisotopic (exact) mass is 511 g/mol. The summed E-state index contributed by atoms with van der Waals surface area (Å²) in [6.45, 7) is 1.86. The van der Waals surface area contributed by atoms with Gasteiger partial charge in [-0.2, -0.15) is 13.5 Å². The number of hydrazone groups is 1. The quantitative estimate of drug-likeness (QED) is 0.154. The summed E-state index contributed by atoms with van der Waals surface area (Å²) in [7, 11) is -2.63. The molecule has 0 aliphatic carbocycles. The number of thioether (sulfide) groups is 1. The highest BCUT2D eigenvalue weighted by Gasteiger charge is 2.19. The van der Waals surface area contributed by atoms with Crippen LogP contribution in [0.5, 0.6) is 11.5 Å². The summed E-state index contributed by atoms with van der Waals surface area (Å²) in [5.74, 6) is -0.0481. The Bertz CT molecular complexity index is 1450. The first-order valence-electron chi connectivity index (χ1n) is 10.3. The molecule has 180 valence electrons. The third-order valence-electron chi connectivity index (χ3n) is 4.70. The maximum absolute atomic E-state index is 12.6. The Balaban J connectivity index is 1.35. The summed E-state index contributed by atoms with van der Waals surface area (Å²) in [6.07, 6.45) is 1.41. The molecule has 0 aliphatic rings. The van der Waals surface area contributed by atoms with Crippen molar-refractivity contribution in [1.29, 1.82) is 0 Å². The summed E-state index contributed by atoms with van der Waals surface area (Å²) in [5.41, 5.74) is 5.30. The van der Waals surface area contributed by atoms with E-state index in [-0.39, 0.29) is 28.1 Å². The van der Waals surface area contributed by atoms with Crippen molar-refractivity contribution < 1.29 is 26.5 Å². The number of benzene rings is 3. The van der Waals surface area contributed by atoms with Crippen LogP contribution in [-0.2, 0) is 14.9 Å². The molecule has 0 radical (unpaired) electrons. The van der Waals surface area contributed by atoms with Crippen LogP contribution >= 0.6 is 11.8 Å². The van der Waals surface area contributed by atoms with Crippen LogP contribution in [0.1, 0.15) is 11.1 Å². The van der Waals surface area contributed by atoms with Gasteiger partial charge in [0.15, 0.2) is 17.1 Å². The van der Waals surface area contributed by atoms with Crippen molar-refractivity contribution in [3.05, 3.63) is 77.9 Å². The molecule has 0 saturated carbocycles. The van der Waals surface area contributed by atoms with Gasteiger partial charge in [0.2, 0.25) is 0 Å². The average Bonchev–Trinajstić information content (AvgIpc) is 3.27. The topological polar surface area (TPSA) is 120 Å². The van der Waals surface area contributed by atoms with E-state index >= 15 is 0 Å². The highest BCUT2D eigenvalue weighted by molar-refractivity contribution is 7.99. The number of hydrogen-bond donors (Lipinski definition) is 1. The van der Waals surface area contributed by atoms with Gasteiger partial charge < -0.3 is 13.3 Å². The molecule has 1 aromatic heterocycles. The van der Waals surface area contributed by atoms with E-state index in [2.05, 4.69) is 15.5 Å². The van der Waals surface area contributed by atoms with Crippen LogP contribution in [-0.4, -0.2) is 38.4 Å². The van der Waals surface area contributed by atoms with Gasteiger partial charge in [-0.25, -0.2) is 10.4 Å². The summed E-state index contributed by atoms with van der Waals surface area (Å²) >= 11 is 1.16. The lowest BCUT2D eigenvalue weighted by Gasteiger charge is -2.11. The molecular formula is C24H21N3O6S2. The highest BCUT2D eigenvalue weighted by atomic mass is 32.2. The molecule has 0 unspecified atom stereocenters. The number of ether oxygens (including phenoxy) is 1. The van der Waals surface area contributed by atoms with Crippen LogP contribution in [0.4, 0.5) is 0 Å². The van der Waals surface area contributed by atoms with E-state index in [4.69, 9.17) is 13.3 Å². The minimum absolute atomic E-state index is 0.0315. The lowest BCUT2D eigenvalue weighted by Crippen LogP contribution is -2.19. The van der Waals surface area contributed by atoms with Gasteiger partial charge in [0, 0.05) is 0 Å². The Morgan fingerprint density at radius 2 is 1.89 bits per heavy atom. The number of oxazole rings is 1. The SMILES string of the molecule is COc1cc(/C=N\NC(=O)CSc2nc3ccccc3o2)ccc1OS(=O)(=O)c1ccc(C)cc1. The van der Waals surface area contributed by atoms with Crippen molar-refractivity contribution in [3.63, 3.8) is 0 Å². The third kappa shape index (κ3) is 6.19. The van der Waals surface area contributed by atoms with Gasteiger partial charge in [-0.05, 0) is 55.0 Å². The number of carbonyl (C=O) groups excluding carboxylic acids is 1. The first-order chi connectivity index (χ1) is 16.8. The smallest absolute Gasteiger partial charge is 0.339 e. The van der Waals surface area contributed by atoms with Gasteiger partial charge in [0.25, 0.3) is 11.1 Å². The van der Waals surface area contributed by atoms with Crippen molar-refractivity contribution in [2.24, 2.45) is 5.10 Å². The third-order valence-corrected chi connectivity index (χ3v) is 6.78. The number of aryl methyl sites for hydroxylation is 1. The maximum atomic E-state index is 12.6. The van der Waals surface area contributed by atoms with Crippen LogP contribution in [0, 0.1) is 6.92 Å². The number of carbonyl (C=O) groups is 1. The molecule has 0 spiro atoms. The minimum atomic E-state index is -4.03. The van der Waals surface area contributed by atoms with Crippen LogP contribution in [0.15, 0.2) is 86.4 Å². The number of amides is 1. The van der Waals surface area contributed by atoms with Crippen LogP contribution < -0.4 is 14.3 Å². The lowest BCUT2D eigenvalue weighted by molar-refractivity contribution is -0.118. The molecule has 1 amide bonds. The zero-order valence-corrected chi connectivity index (χ0v) is 20.4. The number of nitrogens with one attached hydrogen (secondary N) is 1. The molecule has 4 rings (SSSR count). The van der Waals surface area contributed by atoms with Crippen LogP contribution in [0.3, 0.4) is 0 Å². The Labute approximate surface area is 206 Å². The first-order valence-corrected chi connectivity index (χ1v) is 12.7. The lowest BCUT2D eigenvalue weighted by atomic mass is 10.2. The average molecular weight is 512 g/mol. The van der Waals surface area contributed by atoms with Crippen molar-refractivity contribution in [2.75, 3.05) is 12.9 Å². The van der Waals surface area contributed by atoms with Crippen molar-refractivity contribution in [1.82, 2.24) is 10.4 Å². The first kappa shape index (κ1) is 24.3. The van der Waals surface area contributed by atoms with E-state index in [0.717, 1.165) is 22.8 Å². The Kier molecular flexibility index (Phi) is 7.37.